The molecular weight excluding hydrogens is 194 g/mol. The predicted octanol–water partition coefficient (Wildman–Crippen LogP) is -0.810. The summed E-state index contributed by atoms with van der Waals surface area (Å²) in [4.78, 5) is 24.6. The summed E-state index contributed by atoms with van der Waals surface area (Å²) in [5.41, 5.74) is 0. The normalized spacial score (nSPS) is 16.6. The summed E-state index contributed by atoms with van der Waals surface area (Å²) in [6.45, 7) is 7.32. The van der Waals surface area contributed by atoms with Crippen LogP contribution in [0.4, 0.5) is 0 Å². The minimum Gasteiger partial charge on any atom is -0.348 e. The van der Waals surface area contributed by atoms with Crippen molar-refractivity contribution >= 4 is 11.8 Å². The quantitative estimate of drug-likeness (QED) is 0.590. The minimum absolute atomic E-state index is 0.366. The van der Waals surface area contributed by atoms with E-state index in [-0.39, 0.29) is 0 Å². The fraction of sp³-hybridized carbons (Fsp3) is 0.800. The Balaban J connectivity index is 2.34. The lowest BCUT2D eigenvalue weighted by Gasteiger charge is -2.26. The van der Waals surface area contributed by atoms with Crippen molar-refractivity contribution in [1.29, 1.82) is 0 Å². The number of hydrogen-bond donors (Lipinski definition) is 2. The van der Waals surface area contributed by atoms with Gasteiger partial charge in [-0.2, -0.15) is 0 Å². The first-order valence-electron chi connectivity index (χ1n) is 5.39. The van der Waals surface area contributed by atoms with Crippen LogP contribution in [-0.2, 0) is 9.59 Å². The summed E-state index contributed by atoms with van der Waals surface area (Å²) in [5, 5.41) is 5.76. The van der Waals surface area contributed by atoms with Crippen molar-refractivity contribution in [3.63, 3.8) is 0 Å². The predicted molar refractivity (Wildman–Crippen MR) is 57.3 cm³/mol. The number of nitrogens with zero attached hydrogens (tertiary/aromatic N) is 1. The number of carbonyl (C=O) groups excluding carboxylic acids is 2. The second-order valence-corrected chi connectivity index (χ2v) is 4.15. The third kappa shape index (κ3) is 3.87. The molecule has 0 aromatic rings. The highest BCUT2D eigenvalue weighted by atomic mass is 16.2. The van der Waals surface area contributed by atoms with E-state index in [0.717, 1.165) is 13.1 Å². The van der Waals surface area contributed by atoms with Crippen molar-refractivity contribution in [2.24, 2.45) is 5.92 Å². The van der Waals surface area contributed by atoms with Gasteiger partial charge < -0.3 is 15.5 Å². The maximum absolute atomic E-state index is 11.6. The van der Waals surface area contributed by atoms with Gasteiger partial charge in [-0.25, -0.2) is 0 Å². The molecule has 5 heteroatoms. The average molecular weight is 213 g/mol. The van der Waals surface area contributed by atoms with Gasteiger partial charge in [0.1, 0.15) is 0 Å². The zero-order chi connectivity index (χ0) is 11.3. The number of carbonyl (C=O) groups is 2. The number of nitrogens with one attached hydrogen (secondary N) is 2. The third-order valence-electron chi connectivity index (χ3n) is 2.27. The van der Waals surface area contributed by atoms with Crippen LogP contribution in [0.2, 0.25) is 0 Å². The van der Waals surface area contributed by atoms with Gasteiger partial charge in [0.2, 0.25) is 0 Å². The van der Waals surface area contributed by atoms with E-state index in [0.29, 0.717) is 25.6 Å². The molecule has 1 saturated heterocycles. The number of hydrogen-bond acceptors (Lipinski definition) is 3. The molecule has 0 spiro atoms. The van der Waals surface area contributed by atoms with Crippen molar-refractivity contribution in [3.05, 3.63) is 0 Å². The molecule has 2 amide bonds. The van der Waals surface area contributed by atoms with Crippen molar-refractivity contribution in [1.82, 2.24) is 15.5 Å². The van der Waals surface area contributed by atoms with Gasteiger partial charge in [0.25, 0.3) is 0 Å². The zero-order valence-corrected chi connectivity index (χ0v) is 9.38. The molecule has 1 rings (SSSR count). The van der Waals surface area contributed by atoms with E-state index in [1.165, 1.54) is 0 Å². The molecule has 86 valence electrons. The molecule has 0 aliphatic carbocycles. The molecule has 0 bridgehead atoms. The first-order valence-corrected chi connectivity index (χ1v) is 5.39. The Kier molecular flexibility index (Phi) is 4.55. The smallest absolute Gasteiger partial charge is 0.311 e. The Morgan fingerprint density at radius 1 is 1.33 bits per heavy atom. The van der Waals surface area contributed by atoms with Gasteiger partial charge in [-0.05, 0) is 5.92 Å². The second kappa shape index (κ2) is 5.70. The van der Waals surface area contributed by atoms with Gasteiger partial charge in [-0.1, -0.05) is 13.8 Å². The van der Waals surface area contributed by atoms with Crippen LogP contribution in [0.3, 0.4) is 0 Å². The number of rotatable bonds is 2. The molecule has 0 atom stereocenters. The lowest BCUT2D eigenvalue weighted by Crippen LogP contribution is -2.51. The second-order valence-electron chi connectivity index (χ2n) is 4.15. The van der Waals surface area contributed by atoms with E-state index in [1.807, 2.05) is 13.8 Å². The largest absolute Gasteiger partial charge is 0.348 e. The zero-order valence-electron chi connectivity index (χ0n) is 9.38. The standard InChI is InChI=1S/C10H19N3O2/c1-8(2)7-12-9(14)10(15)13-5-3-11-4-6-13/h8,11H,3-7H2,1-2H3,(H,12,14). The van der Waals surface area contributed by atoms with Crippen LogP contribution in [0.5, 0.6) is 0 Å². The molecule has 1 fully saturated rings. The van der Waals surface area contributed by atoms with E-state index in [4.69, 9.17) is 0 Å². The van der Waals surface area contributed by atoms with Crippen LogP contribution >= 0.6 is 0 Å². The molecule has 0 unspecified atom stereocenters. The van der Waals surface area contributed by atoms with Crippen molar-refractivity contribution < 1.29 is 9.59 Å². The van der Waals surface area contributed by atoms with E-state index in [1.54, 1.807) is 4.90 Å². The molecule has 0 radical (unpaired) electrons. The van der Waals surface area contributed by atoms with Crippen molar-refractivity contribution in [2.45, 2.75) is 13.8 Å². The Morgan fingerprint density at radius 2 is 1.93 bits per heavy atom. The molecule has 1 aliphatic heterocycles. The maximum atomic E-state index is 11.6. The van der Waals surface area contributed by atoms with E-state index in [9.17, 15) is 9.59 Å². The van der Waals surface area contributed by atoms with Gasteiger partial charge in [0.05, 0.1) is 0 Å². The molecule has 0 saturated carbocycles. The lowest BCUT2D eigenvalue weighted by atomic mass is 10.2. The Hall–Kier alpha value is -1.10. The molecule has 1 aliphatic rings. The summed E-state index contributed by atoms with van der Waals surface area (Å²) >= 11 is 0. The highest BCUT2D eigenvalue weighted by molar-refractivity contribution is 6.35. The van der Waals surface area contributed by atoms with Gasteiger partial charge in [-0.3, -0.25) is 9.59 Å². The number of amides is 2. The Labute approximate surface area is 90.2 Å². The monoisotopic (exact) mass is 213 g/mol. The van der Waals surface area contributed by atoms with Crippen LogP contribution in [0, 0.1) is 5.92 Å². The molecule has 2 N–H and O–H groups in total. The van der Waals surface area contributed by atoms with Crippen LogP contribution in [-0.4, -0.2) is 49.4 Å². The summed E-state index contributed by atoms with van der Waals surface area (Å²) < 4.78 is 0. The van der Waals surface area contributed by atoms with Crippen molar-refractivity contribution in [3.8, 4) is 0 Å². The summed E-state index contributed by atoms with van der Waals surface area (Å²) in [5.74, 6) is -0.521. The first-order chi connectivity index (χ1) is 7.11. The maximum Gasteiger partial charge on any atom is 0.311 e. The third-order valence-corrected chi connectivity index (χ3v) is 2.27. The van der Waals surface area contributed by atoms with E-state index >= 15 is 0 Å². The minimum atomic E-state index is -0.481. The molecule has 0 aromatic heterocycles. The molecule has 0 aromatic carbocycles. The summed E-state index contributed by atoms with van der Waals surface area (Å²) in [6, 6.07) is 0. The highest BCUT2D eigenvalue weighted by Crippen LogP contribution is 1.94. The van der Waals surface area contributed by atoms with E-state index < -0.39 is 11.8 Å². The van der Waals surface area contributed by atoms with Gasteiger partial charge in [0.15, 0.2) is 0 Å². The van der Waals surface area contributed by atoms with Gasteiger partial charge in [0, 0.05) is 32.7 Å². The summed E-state index contributed by atoms with van der Waals surface area (Å²) in [6.07, 6.45) is 0. The van der Waals surface area contributed by atoms with Crippen LogP contribution < -0.4 is 10.6 Å². The van der Waals surface area contributed by atoms with Crippen LogP contribution in [0.1, 0.15) is 13.8 Å². The molecule has 15 heavy (non-hydrogen) atoms. The van der Waals surface area contributed by atoms with Crippen LogP contribution in [0.25, 0.3) is 0 Å². The summed E-state index contributed by atoms with van der Waals surface area (Å²) in [7, 11) is 0. The molecule has 1 heterocycles. The fourth-order valence-electron chi connectivity index (χ4n) is 1.38. The Bertz CT molecular complexity index is 235. The first kappa shape index (κ1) is 12.0. The van der Waals surface area contributed by atoms with Crippen LogP contribution in [0.15, 0.2) is 0 Å². The number of piperazine rings is 1. The molecular formula is C10H19N3O2. The van der Waals surface area contributed by atoms with E-state index in [2.05, 4.69) is 10.6 Å². The highest BCUT2D eigenvalue weighted by Gasteiger charge is 2.22. The molecule has 5 nitrogen and oxygen atoms in total. The van der Waals surface area contributed by atoms with Gasteiger partial charge >= 0.3 is 11.8 Å². The van der Waals surface area contributed by atoms with Gasteiger partial charge in [-0.15, -0.1) is 0 Å². The topological polar surface area (TPSA) is 61.4 Å². The average Bonchev–Trinajstić information content (AvgIpc) is 2.26. The Morgan fingerprint density at radius 3 is 2.47 bits per heavy atom. The fourth-order valence-corrected chi connectivity index (χ4v) is 1.38. The van der Waals surface area contributed by atoms with Crippen molar-refractivity contribution in [2.75, 3.05) is 32.7 Å². The SMILES string of the molecule is CC(C)CNC(=O)C(=O)N1CCNCC1. The lowest BCUT2D eigenvalue weighted by molar-refractivity contribution is -0.146.